The van der Waals surface area contributed by atoms with Crippen LogP contribution in [0.25, 0.3) is 33.3 Å². The summed E-state index contributed by atoms with van der Waals surface area (Å²) >= 11 is 0. The van der Waals surface area contributed by atoms with Crippen molar-refractivity contribution in [1.29, 1.82) is 0 Å². The van der Waals surface area contributed by atoms with Gasteiger partial charge in [0.05, 0.1) is 19.5 Å². The number of aromatic nitrogens is 4. The number of ether oxygens (including phenoxy) is 1. The lowest BCUT2D eigenvalue weighted by atomic mass is 10.00. The van der Waals surface area contributed by atoms with Gasteiger partial charge < -0.3 is 24.2 Å². The number of morpholine rings is 1. The fraction of sp³-hybridized carbons (Fsp3) is 0.364. The van der Waals surface area contributed by atoms with Crippen LogP contribution in [0.3, 0.4) is 0 Å². The molecule has 42 heavy (non-hydrogen) atoms. The summed E-state index contributed by atoms with van der Waals surface area (Å²) < 4.78 is 7.86. The Kier molecular flexibility index (Phi) is 7.13. The van der Waals surface area contributed by atoms with E-state index < -0.39 is 0 Å². The molecule has 0 spiro atoms. The second kappa shape index (κ2) is 11.2. The molecule has 3 aromatic carbocycles. The molecular formula is C33H37N7O2. The van der Waals surface area contributed by atoms with Crippen LogP contribution >= 0.6 is 0 Å². The van der Waals surface area contributed by atoms with E-state index in [0.717, 1.165) is 68.1 Å². The molecule has 4 heterocycles. The number of phenols is 1. The number of rotatable bonds is 6. The van der Waals surface area contributed by atoms with Crippen molar-refractivity contribution in [2.75, 3.05) is 63.3 Å². The molecule has 2 saturated heterocycles. The standard InChI is InChI=1S/C33H37N7O2/c1-37(2)29-11-10-24(27-8-3-4-9-28(27)29)21-38-14-12-25(13-15-38)40-22-34-30-32(39-16-18-42-19-17-39)35-31(36-33(30)40)23-6-5-7-26(41)20-23/h3-11,20,22,25,41H,12-19,21H2,1-2H3. The molecule has 2 aliphatic rings. The molecular weight excluding hydrogens is 526 g/mol. The minimum atomic E-state index is 0.203. The summed E-state index contributed by atoms with van der Waals surface area (Å²) in [4.78, 5) is 21.8. The molecule has 0 aliphatic carbocycles. The lowest BCUT2D eigenvalue weighted by molar-refractivity contribution is 0.122. The Morgan fingerprint density at radius 2 is 1.69 bits per heavy atom. The third kappa shape index (κ3) is 5.03. The molecule has 0 radical (unpaired) electrons. The minimum Gasteiger partial charge on any atom is -0.508 e. The fourth-order valence-corrected chi connectivity index (χ4v) is 6.41. The molecule has 0 unspecified atom stereocenters. The maximum atomic E-state index is 10.1. The fourth-order valence-electron chi connectivity index (χ4n) is 6.41. The highest BCUT2D eigenvalue weighted by molar-refractivity contribution is 5.96. The molecule has 0 amide bonds. The summed E-state index contributed by atoms with van der Waals surface area (Å²) in [6, 6.07) is 20.7. The number of likely N-dealkylation sites (tertiary alicyclic amines) is 1. The van der Waals surface area contributed by atoms with Crippen molar-refractivity contribution in [1.82, 2.24) is 24.4 Å². The van der Waals surface area contributed by atoms with Crippen molar-refractivity contribution in [3.8, 4) is 17.1 Å². The molecule has 7 rings (SSSR count). The van der Waals surface area contributed by atoms with Crippen LogP contribution in [0.1, 0.15) is 24.4 Å². The summed E-state index contributed by atoms with van der Waals surface area (Å²) in [5.74, 6) is 1.65. The van der Waals surface area contributed by atoms with Crippen LogP contribution in [0.4, 0.5) is 11.5 Å². The number of nitrogens with zero attached hydrogens (tertiary/aromatic N) is 7. The van der Waals surface area contributed by atoms with Gasteiger partial charge in [0, 0.05) is 69.5 Å². The van der Waals surface area contributed by atoms with Gasteiger partial charge in [-0.2, -0.15) is 0 Å². The lowest BCUT2D eigenvalue weighted by Gasteiger charge is -2.33. The molecule has 2 fully saturated rings. The number of anilines is 2. The van der Waals surface area contributed by atoms with E-state index in [4.69, 9.17) is 19.7 Å². The number of imidazole rings is 1. The molecule has 0 atom stereocenters. The Labute approximate surface area is 246 Å². The molecule has 5 aromatic rings. The summed E-state index contributed by atoms with van der Waals surface area (Å²) in [6.45, 7) is 5.82. The Morgan fingerprint density at radius 3 is 2.45 bits per heavy atom. The van der Waals surface area contributed by atoms with E-state index in [2.05, 4.69) is 69.8 Å². The summed E-state index contributed by atoms with van der Waals surface area (Å²) in [6.07, 6.45) is 4.00. The normalized spacial score (nSPS) is 16.9. The number of aromatic hydroxyl groups is 1. The van der Waals surface area contributed by atoms with Gasteiger partial charge in [-0.3, -0.25) is 4.90 Å². The van der Waals surface area contributed by atoms with Gasteiger partial charge in [0.15, 0.2) is 22.8 Å². The molecule has 2 aliphatic heterocycles. The smallest absolute Gasteiger partial charge is 0.166 e. The van der Waals surface area contributed by atoms with Crippen LogP contribution < -0.4 is 9.80 Å². The van der Waals surface area contributed by atoms with Crippen molar-refractivity contribution in [2.24, 2.45) is 0 Å². The quantitative estimate of drug-likeness (QED) is 0.306. The Bertz CT molecular complexity index is 1720. The number of phenolic OH excluding ortho intramolecular Hbond substituents is 1. The van der Waals surface area contributed by atoms with Gasteiger partial charge in [-0.25, -0.2) is 15.0 Å². The largest absolute Gasteiger partial charge is 0.508 e. The number of fused-ring (bicyclic) bond motifs is 2. The second-order valence-electron chi connectivity index (χ2n) is 11.5. The Morgan fingerprint density at radius 1 is 0.905 bits per heavy atom. The van der Waals surface area contributed by atoms with Gasteiger partial charge in [0.2, 0.25) is 0 Å². The first-order valence-corrected chi connectivity index (χ1v) is 14.8. The van der Waals surface area contributed by atoms with Gasteiger partial charge >= 0.3 is 0 Å². The van der Waals surface area contributed by atoms with E-state index in [1.54, 1.807) is 12.1 Å². The van der Waals surface area contributed by atoms with Crippen LogP contribution in [0, 0.1) is 0 Å². The Hall–Kier alpha value is -4.21. The average Bonchev–Trinajstić information content (AvgIpc) is 3.45. The van der Waals surface area contributed by atoms with Crippen molar-refractivity contribution < 1.29 is 9.84 Å². The molecule has 0 bridgehead atoms. The topological polar surface area (TPSA) is 82.8 Å². The van der Waals surface area contributed by atoms with E-state index in [0.29, 0.717) is 25.1 Å². The van der Waals surface area contributed by atoms with Crippen LogP contribution in [0.2, 0.25) is 0 Å². The molecule has 2 aromatic heterocycles. The van der Waals surface area contributed by atoms with Gasteiger partial charge in [-0.1, -0.05) is 42.5 Å². The third-order valence-corrected chi connectivity index (χ3v) is 8.64. The van der Waals surface area contributed by atoms with Gasteiger partial charge in [-0.05, 0) is 42.0 Å². The zero-order valence-corrected chi connectivity index (χ0v) is 24.3. The van der Waals surface area contributed by atoms with E-state index in [1.807, 2.05) is 18.5 Å². The highest BCUT2D eigenvalue weighted by Gasteiger charge is 2.26. The summed E-state index contributed by atoms with van der Waals surface area (Å²) in [7, 11) is 4.21. The van der Waals surface area contributed by atoms with Crippen LogP contribution in [-0.2, 0) is 11.3 Å². The van der Waals surface area contributed by atoms with E-state index in [9.17, 15) is 5.11 Å². The van der Waals surface area contributed by atoms with Crippen molar-refractivity contribution >= 4 is 33.4 Å². The predicted octanol–water partition coefficient (Wildman–Crippen LogP) is 5.09. The molecule has 9 heteroatoms. The van der Waals surface area contributed by atoms with Crippen molar-refractivity contribution in [3.05, 3.63) is 72.6 Å². The maximum absolute atomic E-state index is 10.1. The van der Waals surface area contributed by atoms with Crippen molar-refractivity contribution in [2.45, 2.75) is 25.4 Å². The first-order valence-electron chi connectivity index (χ1n) is 14.8. The number of benzene rings is 3. The first kappa shape index (κ1) is 26.7. The number of hydrogen-bond acceptors (Lipinski definition) is 8. The van der Waals surface area contributed by atoms with Crippen LogP contribution in [0.15, 0.2) is 67.0 Å². The monoisotopic (exact) mass is 563 g/mol. The highest BCUT2D eigenvalue weighted by atomic mass is 16.5. The average molecular weight is 564 g/mol. The lowest BCUT2D eigenvalue weighted by Crippen LogP contribution is -2.37. The first-order chi connectivity index (χ1) is 20.5. The zero-order chi connectivity index (χ0) is 28.6. The molecule has 9 nitrogen and oxygen atoms in total. The van der Waals surface area contributed by atoms with E-state index in [1.165, 1.54) is 22.0 Å². The highest BCUT2D eigenvalue weighted by Crippen LogP contribution is 2.34. The molecule has 1 N–H and O–H groups in total. The second-order valence-corrected chi connectivity index (χ2v) is 11.5. The predicted molar refractivity (Wildman–Crippen MR) is 167 cm³/mol. The molecule has 0 saturated carbocycles. The number of piperidine rings is 1. The van der Waals surface area contributed by atoms with Gasteiger partial charge in [0.25, 0.3) is 0 Å². The third-order valence-electron chi connectivity index (χ3n) is 8.64. The summed E-state index contributed by atoms with van der Waals surface area (Å²) in [5.41, 5.74) is 5.11. The van der Waals surface area contributed by atoms with Crippen LogP contribution in [-0.4, -0.2) is 83.0 Å². The minimum absolute atomic E-state index is 0.203. The van der Waals surface area contributed by atoms with E-state index in [-0.39, 0.29) is 5.75 Å². The summed E-state index contributed by atoms with van der Waals surface area (Å²) in [5, 5.41) is 12.8. The Balaban J connectivity index is 1.16. The molecule has 216 valence electrons. The van der Waals surface area contributed by atoms with Crippen molar-refractivity contribution in [3.63, 3.8) is 0 Å². The van der Waals surface area contributed by atoms with Crippen LogP contribution in [0.5, 0.6) is 5.75 Å². The maximum Gasteiger partial charge on any atom is 0.166 e. The van der Waals surface area contributed by atoms with Gasteiger partial charge in [0.1, 0.15) is 5.75 Å². The van der Waals surface area contributed by atoms with E-state index >= 15 is 0 Å². The van der Waals surface area contributed by atoms with Gasteiger partial charge in [-0.15, -0.1) is 0 Å². The number of hydrogen-bond donors (Lipinski definition) is 1. The SMILES string of the molecule is CN(C)c1ccc(CN2CCC(n3cnc4c(N5CCOCC5)nc(-c5cccc(O)c5)nc43)CC2)c2ccccc12. The zero-order valence-electron chi connectivity index (χ0n) is 24.3.